The van der Waals surface area contributed by atoms with Crippen molar-refractivity contribution in [2.24, 2.45) is 0 Å². The van der Waals surface area contributed by atoms with Crippen molar-refractivity contribution in [1.29, 1.82) is 0 Å². The van der Waals surface area contributed by atoms with Gasteiger partial charge in [-0.15, -0.1) is 0 Å². The Morgan fingerprint density at radius 1 is 1.27 bits per heavy atom. The van der Waals surface area contributed by atoms with Crippen LogP contribution in [0.5, 0.6) is 0 Å². The van der Waals surface area contributed by atoms with E-state index >= 15 is 0 Å². The minimum atomic E-state index is -2.25. The zero-order valence-electron chi connectivity index (χ0n) is 7.76. The molecule has 3 nitrogen and oxygen atoms in total. The molecule has 0 bridgehead atoms. The van der Waals surface area contributed by atoms with E-state index in [4.69, 9.17) is 0 Å². The van der Waals surface area contributed by atoms with Crippen LogP contribution in [-0.4, -0.2) is 11.4 Å². The van der Waals surface area contributed by atoms with Gasteiger partial charge in [-0.25, -0.2) is 4.39 Å². The van der Waals surface area contributed by atoms with E-state index in [1.54, 1.807) is 18.2 Å². The Balaban J connectivity index is 2.52. The number of aromatic nitrogens is 1. The lowest BCUT2D eigenvalue weighted by Crippen LogP contribution is -2.22. The van der Waals surface area contributed by atoms with Crippen molar-refractivity contribution in [2.45, 2.75) is 5.67 Å². The molecule has 15 heavy (non-hydrogen) atoms. The summed E-state index contributed by atoms with van der Waals surface area (Å²) in [7, 11) is 0. The van der Waals surface area contributed by atoms with Crippen LogP contribution in [-0.2, 0) is 10.5 Å². The van der Waals surface area contributed by atoms with Crippen LogP contribution in [0.25, 0.3) is 0 Å². The van der Waals surface area contributed by atoms with Crippen LogP contribution >= 0.6 is 0 Å². The molecule has 0 radical (unpaired) electrons. The highest BCUT2D eigenvalue weighted by atomic mass is 19.1. The van der Waals surface area contributed by atoms with Crippen LogP contribution < -0.4 is 0 Å². The quantitative estimate of drug-likeness (QED) is 0.720. The molecule has 0 N–H and O–H groups in total. The summed E-state index contributed by atoms with van der Waals surface area (Å²) >= 11 is 0. The van der Waals surface area contributed by atoms with E-state index in [1.165, 1.54) is 24.4 Å². The number of alkyl halides is 1. The normalized spacial score (nSPS) is 14.5. The summed E-state index contributed by atoms with van der Waals surface area (Å²) in [4.78, 5) is 10.9. The minimum absolute atomic E-state index is 0.108. The highest BCUT2D eigenvalue weighted by Crippen LogP contribution is 2.31. The van der Waals surface area contributed by atoms with Gasteiger partial charge in [0.25, 0.3) is 0 Å². The van der Waals surface area contributed by atoms with E-state index in [9.17, 15) is 9.18 Å². The number of aldehydes is 1. The Bertz CT molecular complexity index is 441. The van der Waals surface area contributed by atoms with Crippen molar-refractivity contribution in [3.05, 3.63) is 53.9 Å². The van der Waals surface area contributed by atoms with Crippen LogP contribution in [0.15, 0.2) is 47.1 Å². The maximum absolute atomic E-state index is 14.3. The van der Waals surface area contributed by atoms with Gasteiger partial charge in [-0.1, -0.05) is 35.5 Å². The predicted molar refractivity (Wildman–Crippen MR) is 50.9 cm³/mol. The molecular weight excluding hydrogens is 197 g/mol. The van der Waals surface area contributed by atoms with Crippen LogP contribution in [0.3, 0.4) is 0 Å². The standard InChI is InChI=1S/C11H8FNO2/c12-11(8-14,10-6-7-13-15-10)9-4-2-1-3-5-9/h1-8H. The van der Waals surface area contributed by atoms with E-state index in [1.807, 2.05) is 0 Å². The number of carbonyl (C=O) groups excluding carboxylic acids is 1. The molecule has 1 aromatic heterocycles. The van der Waals surface area contributed by atoms with E-state index in [2.05, 4.69) is 9.68 Å². The summed E-state index contributed by atoms with van der Waals surface area (Å²) in [5.41, 5.74) is -2.02. The van der Waals surface area contributed by atoms with Crippen molar-refractivity contribution < 1.29 is 13.7 Å². The van der Waals surface area contributed by atoms with Crippen molar-refractivity contribution in [2.75, 3.05) is 0 Å². The number of hydrogen-bond acceptors (Lipinski definition) is 3. The maximum atomic E-state index is 14.3. The SMILES string of the molecule is O=CC(F)(c1ccccc1)c1ccno1. The predicted octanol–water partition coefficient (Wildman–Crippen LogP) is 2.09. The lowest BCUT2D eigenvalue weighted by Gasteiger charge is -2.15. The lowest BCUT2D eigenvalue weighted by atomic mass is 9.95. The summed E-state index contributed by atoms with van der Waals surface area (Å²) < 4.78 is 19.0. The molecule has 0 aliphatic rings. The van der Waals surface area contributed by atoms with Crippen LogP contribution in [0.2, 0.25) is 0 Å². The molecule has 0 spiro atoms. The Morgan fingerprint density at radius 3 is 2.53 bits per heavy atom. The summed E-state index contributed by atoms with van der Waals surface area (Å²) in [6.07, 6.45) is 1.51. The number of halogens is 1. The van der Waals surface area contributed by atoms with Gasteiger partial charge in [-0.05, 0) is 0 Å². The second-order valence-corrected chi connectivity index (χ2v) is 3.07. The first-order valence-electron chi connectivity index (χ1n) is 4.39. The molecule has 1 aromatic carbocycles. The van der Waals surface area contributed by atoms with E-state index in [-0.39, 0.29) is 17.6 Å². The molecule has 0 fully saturated rings. The number of nitrogens with zero attached hydrogens (tertiary/aromatic N) is 1. The van der Waals surface area contributed by atoms with Gasteiger partial charge in [0.05, 0.1) is 6.20 Å². The highest BCUT2D eigenvalue weighted by Gasteiger charge is 2.37. The van der Waals surface area contributed by atoms with Crippen molar-refractivity contribution in [1.82, 2.24) is 5.16 Å². The van der Waals surface area contributed by atoms with Crippen molar-refractivity contribution in [3.8, 4) is 0 Å². The third kappa shape index (κ3) is 1.54. The molecular formula is C11H8FNO2. The Morgan fingerprint density at radius 2 is 2.00 bits per heavy atom. The smallest absolute Gasteiger partial charge is 0.250 e. The van der Waals surface area contributed by atoms with E-state index in [0.29, 0.717) is 0 Å². The molecule has 4 heteroatoms. The zero-order chi connectivity index (χ0) is 10.7. The topological polar surface area (TPSA) is 43.1 Å². The number of benzene rings is 1. The average Bonchev–Trinajstić information content (AvgIpc) is 2.83. The fraction of sp³-hybridized carbons (Fsp3) is 0.0909. The summed E-state index contributed by atoms with van der Waals surface area (Å²) in [6, 6.07) is 9.44. The molecule has 0 aliphatic carbocycles. The fourth-order valence-corrected chi connectivity index (χ4v) is 1.35. The van der Waals surface area contributed by atoms with Gasteiger partial charge in [0.2, 0.25) is 5.67 Å². The maximum Gasteiger partial charge on any atom is 0.250 e. The Labute approximate surface area is 85.5 Å². The molecule has 0 saturated carbocycles. The third-order valence-corrected chi connectivity index (χ3v) is 2.15. The Kier molecular flexibility index (Phi) is 2.33. The molecule has 76 valence electrons. The molecule has 2 rings (SSSR count). The van der Waals surface area contributed by atoms with Crippen LogP contribution in [0.1, 0.15) is 11.3 Å². The van der Waals surface area contributed by atoms with Crippen molar-refractivity contribution >= 4 is 6.29 Å². The monoisotopic (exact) mass is 205 g/mol. The average molecular weight is 205 g/mol. The van der Waals surface area contributed by atoms with E-state index in [0.717, 1.165) is 0 Å². The first-order valence-corrected chi connectivity index (χ1v) is 4.39. The van der Waals surface area contributed by atoms with E-state index < -0.39 is 5.67 Å². The Hall–Kier alpha value is -1.97. The zero-order valence-corrected chi connectivity index (χ0v) is 7.76. The van der Waals surface area contributed by atoms with Crippen LogP contribution in [0, 0.1) is 0 Å². The van der Waals surface area contributed by atoms with Gasteiger partial charge in [0.15, 0.2) is 12.0 Å². The molecule has 2 aromatic rings. The largest absolute Gasteiger partial charge is 0.357 e. The summed E-state index contributed by atoms with van der Waals surface area (Å²) in [6.45, 7) is 0. The second-order valence-electron chi connectivity index (χ2n) is 3.07. The molecule has 1 atom stereocenters. The number of carbonyl (C=O) groups is 1. The first-order chi connectivity index (χ1) is 7.27. The highest BCUT2D eigenvalue weighted by molar-refractivity contribution is 5.70. The third-order valence-electron chi connectivity index (χ3n) is 2.15. The number of rotatable bonds is 3. The van der Waals surface area contributed by atoms with Gasteiger partial charge < -0.3 is 4.52 Å². The molecule has 1 unspecified atom stereocenters. The van der Waals surface area contributed by atoms with Gasteiger partial charge in [-0.3, -0.25) is 4.79 Å². The molecule has 0 saturated heterocycles. The minimum Gasteiger partial charge on any atom is -0.357 e. The van der Waals surface area contributed by atoms with Crippen LogP contribution in [0.4, 0.5) is 4.39 Å². The molecule has 0 amide bonds. The summed E-state index contributed by atoms with van der Waals surface area (Å²) in [5, 5.41) is 3.39. The second kappa shape index (κ2) is 3.65. The van der Waals surface area contributed by atoms with Crippen molar-refractivity contribution in [3.63, 3.8) is 0 Å². The summed E-state index contributed by atoms with van der Waals surface area (Å²) in [5.74, 6) is -0.108. The number of hydrogen-bond donors (Lipinski definition) is 0. The molecule has 0 aliphatic heterocycles. The van der Waals surface area contributed by atoms with Gasteiger partial charge in [0.1, 0.15) is 0 Å². The van der Waals surface area contributed by atoms with Gasteiger partial charge in [-0.2, -0.15) is 0 Å². The van der Waals surface area contributed by atoms with Gasteiger partial charge in [0, 0.05) is 11.6 Å². The van der Waals surface area contributed by atoms with Gasteiger partial charge >= 0.3 is 0 Å². The first kappa shape index (κ1) is 9.58. The lowest BCUT2D eigenvalue weighted by molar-refractivity contribution is -0.117. The fourth-order valence-electron chi connectivity index (χ4n) is 1.35. The molecule has 1 heterocycles.